The van der Waals surface area contributed by atoms with Crippen molar-refractivity contribution >= 4 is 56.5 Å². The molecule has 0 amide bonds. The van der Waals surface area contributed by atoms with Crippen LogP contribution in [0, 0.1) is 0 Å². The molecule has 0 radical (unpaired) electrons. The van der Waals surface area contributed by atoms with Crippen LogP contribution in [0.3, 0.4) is 0 Å². The van der Waals surface area contributed by atoms with E-state index in [1.54, 1.807) is 0 Å². The highest BCUT2D eigenvalue weighted by atomic mass is 16.7. The summed E-state index contributed by atoms with van der Waals surface area (Å²) in [6, 6.07) is 18.4. The first kappa shape index (κ1) is 17.1. The molecule has 3 aromatic carbocycles. The summed E-state index contributed by atoms with van der Waals surface area (Å²) in [7, 11) is -0.405. The molecule has 0 atom stereocenters. The zero-order valence-corrected chi connectivity index (χ0v) is 16.9. The summed E-state index contributed by atoms with van der Waals surface area (Å²) in [6.07, 6.45) is 0. The summed E-state index contributed by atoms with van der Waals surface area (Å²) in [6.45, 7) is 8.25. The number of benzene rings is 3. The molecule has 1 aliphatic heterocycles. The maximum Gasteiger partial charge on any atom is 0.494 e. The predicted molar refractivity (Wildman–Crippen MR) is 117 cm³/mol. The molecule has 1 fully saturated rings. The van der Waals surface area contributed by atoms with Gasteiger partial charge >= 0.3 is 7.12 Å². The molecule has 5 heteroatoms. The second-order valence-corrected chi connectivity index (χ2v) is 8.89. The molecule has 0 saturated carbocycles. The second-order valence-electron chi connectivity index (χ2n) is 8.89. The van der Waals surface area contributed by atoms with Crippen molar-refractivity contribution < 1.29 is 18.1 Å². The number of furan rings is 2. The molecule has 2 aromatic heterocycles. The van der Waals surface area contributed by atoms with Gasteiger partial charge in [0.15, 0.2) is 0 Å². The van der Waals surface area contributed by atoms with Gasteiger partial charge in [-0.3, -0.25) is 0 Å². The molecule has 29 heavy (non-hydrogen) atoms. The molecular formula is C24H21BO4. The normalized spacial score (nSPS) is 18.6. The Morgan fingerprint density at radius 1 is 0.586 bits per heavy atom. The highest BCUT2D eigenvalue weighted by molar-refractivity contribution is 6.62. The van der Waals surface area contributed by atoms with E-state index in [1.165, 1.54) is 0 Å². The number of rotatable bonds is 1. The van der Waals surface area contributed by atoms with Crippen LogP contribution in [0.2, 0.25) is 0 Å². The molecule has 0 aliphatic carbocycles. The lowest BCUT2D eigenvalue weighted by molar-refractivity contribution is 0.00578. The van der Waals surface area contributed by atoms with Gasteiger partial charge in [-0.05, 0) is 57.4 Å². The number of hydrogen-bond acceptors (Lipinski definition) is 4. The molecule has 0 bridgehead atoms. The van der Waals surface area contributed by atoms with E-state index in [1.807, 2.05) is 24.3 Å². The lowest BCUT2D eigenvalue weighted by Crippen LogP contribution is -2.41. The first-order chi connectivity index (χ1) is 13.8. The maximum atomic E-state index is 6.23. The fourth-order valence-electron chi connectivity index (χ4n) is 4.14. The lowest BCUT2D eigenvalue weighted by Gasteiger charge is -2.32. The van der Waals surface area contributed by atoms with Crippen molar-refractivity contribution in [3.63, 3.8) is 0 Å². The summed E-state index contributed by atoms with van der Waals surface area (Å²) < 4.78 is 24.7. The van der Waals surface area contributed by atoms with Crippen LogP contribution >= 0.6 is 0 Å². The van der Waals surface area contributed by atoms with Crippen LogP contribution in [0.15, 0.2) is 63.4 Å². The standard InChI is InChI=1S/C24H21BO4/c1-23(2)24(3,4)29-25(28-23)14-9-10-16-18-13-21-17(12-22(18)27-20(16)11-14)15-7-5-6-8-19(15)26-21/h5-13H,1-4H3. The number of hydrogen-bond donors (Lipinski definition) is 0. The van der Waals surface area contributed by atoms with Crippen LogP contribution < -0.4 is 5.46 Å². The van der Waals surface area contributed by atoms with Crippen LogP contribution in [-0.2, 0) is 9.31 Å². The van der Waals surface area contributed by atoms with Gasteiger partial charge in [-0.15, -0.1) is 0 Å². The van der Waals surface area contributed by atoms with Crippen LogP contribution in [0.25, 0.3) is 43.9 Å². The van der Waals surface area contributed by atoms with Crippen LogP contribution in [-0.4, -0.2) is 18.3 Å². The van der Waals surface area contributed by atoms with Gasteiger partial charge < -0.3 is 18.1 Å². The first-order valence-corrected chi connectivity index (χ1v) is 9.95. The van der Waals surface area contributed by atoms with E-state index in [0.717, 1.165) is 49.3 Å². The SMILES string of the molecule is CC1(C)OB(c2ccc3c(c2)oc2cc4c(cc23)oc2ccccc24)OC1(C)C. The fraction of sp³-hybridized carbons (Fsp3) is 0.250. The molecule has 6 rings (SSSR count). The van der Waals surface area contributed by atoms with E-state index in [2.05, 4.69) is 58.0 Å². The van der Waals surface area contributed by atoms with Crippen molar-refractivity contribution in [3.05, 3.63) is 54.6 Å². The molecular weight excluding hydrogens is 363 g/mol. The maximum absolute atomic E-state index is 6.23. The number of para-hydroxylation sites is 1. The van der Waals surface area contributed by atoms with Gasteiger partial charge in [0.1, 0.15) is 22.3 Å². The Kier molecular flexibility index (Phi) is 3.21. The Morgan fingerprint density at radius 2 is 1.14 bits per heavy atom. The van der Waals surface area contributed by atoms with E-state index in [0.29, 0.717) is 0 Å². The summed E-state index contributed by atoms with van der Waals surface area (Å²) >= 11 is 0. The largest absolute Gasteiger partial charge is 0.494 e. The summed E-state index contributed by atoms with van der Waals surface area (Å²) in [5, 5.41) is 4.27. The smallest absolute Gasteiger partial charge is 0.456 e. The number of fused-ring (bicyclic) bond motifs is 6. The minimum atomic E-state index is -0.405. The van der Waals surface area contributed by atoms with Crippen LogP contribution in [0.5, 0.6) is 0 Å². The average molecular weight is 384 g/mol. The molecule has 4 nitrogen and oxygen atoms in total. The quantitative estimate of drug-likeness (QED) is 0.344. The third-order valence-electron chi connectivity index (χ3n) is 6.52. The van der Waals surface area contributed by atoms with Gasteiger partial charge in [0.2, 0.25) is 0 Å². The Morgan fingerprint density at radius 3 is 1.83 bits per heavy atom. The van der Waals surface area contributed by atoms with E-state index < -0.39 is 7.12 Å². The highest BCUT2D eigenvalue weighted by Crippen LogP contribution is 2.38. The van der Waals surface area contributed by atoms with Gasteiger partial charge in [0.05, 0.1) is 11.2 Å². The minimum absolute atomic E-state index is 0.369. The third kappa shape index (κ3) is 2.35. The summed E-state index contributed by atoms with van der Waals surface area (Å²) in [5.41, 5.74) is 3.66. The van der Waals surface area contributed by atoms with Crippen molar-refractivity contribution in [2.24, 2.45) is 0 Å². The first-order valence-electron chi connectivity index (χ1n) is 9.95. The molecule has 144 valence electrons. The van der Waals surface area contributed by atoms with E-state index in [-0.39, 0.29) is 11.2 Å². The van der Waals surface area contributed by atoms with Crippen molar-refractivity contribution in [1.82, 2.24) is 0 Å². The van der Waals surface area contributed by atoms with Gasteiger partial charge in [0.25, 0.3) is 0 Å². The van der Waals surface area contributed by atoms with Gasteiger partial charge in [-0.25, -0.2) is 0 Å². The lowest BCUT2D eigenvalue weighted by atomic mass is 9.79. The van der Waals surface area contributed by atoms with Gasteiger partial charge in [-0.1, -0.05) is 30.3 Å². The topological polar surface area (TPSA) is 44.7 Å². The fourth-order valence-corrected chi connectivity index (χ4v) is 4.14. The van der Waals surface area contributed by atoms with E-state index in [9.17, 15) is 0 Å². The second kappa shape index (κ2) is 5.44. The zero-order valence-electron chi connectivity index (χ0n) is 16.9. The average Bonchev–Trinajstić information content (AvgIpc) is 3.28. The molecule has 0 N–H and O–H groups in total. The van der Waals surface area contributed by atoms with Crippen LogP contribution in [0.4, 0.5) is 0 Å². The Hall–Kier alpha value is -2.76. The van der Waals surface area contributed by atoms with Crippen LogP contribution in [0.1, 0.15) is 27.7 Å². The summed E-state index contributed by atoms with van der Waals surface area (Å²) in [4.78, 5) is 0. The highest BCUT2D eigenvalue weighted by Gasteiger charge is 2.51. The Bertz CT molecular complexity index is 1410. The van der Waals surface area contributed by atoms with Crippen molar-refractivity contribution in [1.29, 1.82) is 0 Å². The molecule has 0 spiro atoms. The van der Waals surface area contributed by atoms with Gasteiger partial charge in [-0.2, -0.15) is 0 Å². The van der Waals surface area contributed by atoms with Crippen molar-refractivity contribution in [2.75, 3.05) is 0 Å². The Balaban J connectivity index is 1.51. The monoisotopic (exact) mass is 384 g/mol. The minimum Gasteiger partial charge on any atom is -0.456 e. The Labute approximate surface area is 168 Å². The molecule has 1 saturated heterocycles. The van der Waals surface area contributed by atoms with Crippen molar-refractivity contribution in [2.45, 2.75) is 38.9 Å². The van der Waals surface area contributed by atoms with Gasteiger partial charge in [0, 0.05) is 21.5 Å². The summed E-state index contributed by atoms with van der Waals surface area (Å²) in [5.74, 6) is 0. The zero-order chi connectivity index (χ0) is 20.0. The van der Waals surface area contributed by atoms with Crippen molar-refractivity contribution in [3.8, 4) is 0 Å². The van der Waals surface area contributed by atoms with E-state index >= 15 is 0 Å². The predicted octanol–water partition coefficient (Wildman–Crippen LogP) is 5.78. The molecule has 0 unspecified atom stereocenters. The third-order valence-corrected chi connectivity index (χ3v) is 6.52. The molecule has 3 heterocycles. The van der Waals surface area contributed by atoms with E-state index in [4.69, 9.17) is 18.1 Å². The molecule has 1 aliphatic rings. The molecule has 5 aromatic rings.